The second kappa shape index (κ2) is 7.70. The number of nitrogens with one attached hydrogen (secondary N) is 1. The fourth-order valence-electron chi connectivity index (χ4n) is 1.58. The molecule has 0 aliphatic carbocycles. The average Bonchev–Trinajstić information content (AvgIpc) is 2.37. The van der Waals surface area contributed by atoms with E-state index in [1.165, 1.54) is 5.56 Å². The van der Waals surface area contributed by atoms with Crippen LogP contribution in [-0.4, -0.2) is 24.6 Å². The van der Waals surface area contributed by atoms with E-state index in [1.54, 1.807) is 0 Å². The number of terminal acetylenes is 1. The molecule has 1 heterocycles. The molecule has 0 aromatic carbocycles. The summed E-state index contributed by atoms with van der Waals surface area (Å²) in [6.45, 7) is 7.65. The van der Waals surface area contributed by atoms with Gasteiger partial charge in [-0.05, 0) is 31.5 Å². The highest BCUT2D eigenvalue weighted by atomic mass is 15.2. The van der Waals surface area contributed by atoms with E-state index < -0.39 is 0 Å². The van der Waals surface area contributed by atoms with Crippen LogP contribution < -0.4 is 10.2 Å². The molecule has 92 valence electrons. The maximum absolute atomic E-state index is 5.32. The SMILES string of the molecule is C#CCN(CC)c1ccc(CNCCC)cn1. The third kappa shape index (κ3) is 4.46. The van der Waals surface area contributed by atoms with E-state index in [4.69, 9.17) is 6.42 Å². The molecule has 0 amide bonds. The van der Waals surface area contributed by atoms with Crippen LogP contribution in [0.2, 0.25) is 0 Å². The lowest BCUT2D eigenvalue weighted by Crippen LogP contribution is -2.24. The van der Waals surface area contributed by atoms with Gasteiger partial charge in [-0.3, -0.25) is 0 Å². The molecule has 0 radical (unpaired) electrons. The average molecular weight is 231 g/mol. The lowest BCUT2D eigenvalue weighted by Gasteiger charge is -2.19. The molecule has 17 heavy (non-hydrogen) atoms. The second-order valence-corrected chi connectivity index (χ2v) is 3.92. The third-order valence-corrected chi connectivity index (χ3v) is 2.55. The highest BCUT2D eigenvalue weighted by Gasteiger charge is 2.03. The first-order chi connectivity index (χ1) is 8.31. The van der Waals surface area contributed by atoms with E-state index in [0.717, 1.165) is 31.9 Å². The van der Waals surface area contributed by atoms with Crippen molar-refractivity contribution in [3.63, 3.8) is 0 Å². The minimum atomic E-state index is 0.608. The van der Waals surface area contributed by atoms with Gasteiger partial charge >= 0.3 is 0 Å². The monoisotopic (exact) mass is 231 g/mol. The molecule has 0 atom stereocenters. The molecule has 0 spiro atoms. The Balaban J connectivity index is 2.57. The molecule has 0 unspecified atom stereocenters. The summed E-state index contributed by atoms with van der Waals surface area (Å²) in [5, 5.41) is 3.35. The Labute approximate surface area is 104 Å². The Morgan fingerprint density at radius 3 is 2.76 bits per heavy atom. The van der Waals surface area contributed by atoms with E-state index in [0.29, 0.717) is 6.54 Å². The smallest absolute Gasteiger partial charge is 0.129 e. The van der Waals surface area contributed by atoms with Gasteiger partial charge in [0, 0.05) is 19.3 Å². The van der Waals surface area contributed by atoms with Crippen molar-refractivity contribution < 1.29 is 0 Å². The first-order valence-corrected chi connectivity index (χ1v) is 6.15. The normalized spacial score (nSPS) is 9.94. The molecule has 0 aliphatic rings. The van der Waals surface area contributed by atoms with E-state index in [2.05, 4.69) is 41.0 Å². The van der Waals surface area contributed by atoms with Gasteiger partial charge in [0.2, 0.25) is 0 Å². The van der Waals surface area contributed by atoms with E-state index in [-0.39, 0.29) is 0 Å². The molecule has 0 saturated carbocycles. The van der Waals surface area contributed by atoms with Crippen molar-refractivity contribution in [3.8, 4) is 12.3 Å². The van der Waals surface area contributed by atoms with Gasteiger partial charge < -0.3 is 10.2 Å². The molecular formula is C14H21N3. The van der Waals surface area contributed by atoms with Gasteiger partial charge in [-0.1, -0.05) is 18.9 Å². The van der Waals surface area contributed by atoms with Gasteiger partial charge in [0.25, 0.3) is 0 Å². The number of rotatable bonds is 7. The largest absolute Gasteiger partial charge is 0.346 e. The fourth-order valence-corrected chi connectivity index (χ4v) is 1.58. The predicted molar refractivity (Wildman–Crippen MR) is 73.0 cm³/mol. The Morgan fingerprint density at radius 1 is 1.41 bits per heavy atom. The highest BCUT2D eigenvalue weighted by molar-refractivity contribution is 5.40. The molecule has 0 fully saturated rings. The van der Waals surface area contributed by atoms with Crippen LogP contribution in [0.1, 0.15) is 25.8 Å². The summed E-state index contributed by atoms with van der Waals surface area (Å²) < 4.78 is 0. The minimum Gasteiger partial charge on any atom is -0.346 e. The van der Waals surface area contributed by atoms with Crippen molar-refractivity contribution in [2.75, 3.05) is 24.5 Å². The van der Waals surface area contributed by atoms with E-state index in [1.807, 2.05) is 12.3 Å². The van der Waals surface area contributed by atoms with Crippen LogP contribution in [0, 0.1) is 12.3 Å². The zero-order valence-corrected chi connectivity index (χ0v) is 10.7. The van der Waals surface area contributed by atoms with Crippen LogP contribution >= 0.6 is 0 Å². The number of anilines is 1. The Bertz CT molecular complexity index is 351. The first kappa shape index (κ1) is 13.5. The predicted octanol–water partition coefficient (Wildman–Crippen LogP) is 2.04. The van der Waals surface area contributed by atoms with Gasteiger partial charge in [-0.15, -0.1) is 6.42 Å². The van der Waals surface area contributed by atoms with E-state index in [9.17, 15) is 0 Å². The minimum absolute atomic E-state index is 0.608. The lowest BCUT2D eigenvalue weighted by molar-refractivity contribution is 0.673. The third-order valence-electron chi connectivity index (χ3n) is 2.55. The molecular weight excluding hydrogens is 210 g/mol. The van der Waals surface area contributed by atoms with E-state index >= 15 is 0 Å². The van der Waals surface area contributed by atoms with Crippen LogP contribution in [-0.2, 0) is 6.54 Å². The van der Waals surface area contributed by atoms with Crippen molar-refractivity contribution in [3.05, 3.63) is 23.9 Å². The summed E-state index contributed by atoms with van der Waals surface area (Å²) in [5.74, 6) is 3.60. The second-order valence-electron chi connectivity index (χ2n) is 3.92. The molecule has 1 aromatic heterocycles. The molecule has 0 bridgehead atoms. The summed E-state index contributed by atoms with van der Waals surface area (Å²) in [6.07, 6.45) is 8.39. The molecule has 0 aliphatic heterocycles. The van der Waals surface area contributed by atoms with Crippen molar-refractivity contribution >= 4 is 5.82 Å². The maximum atomic E-state index is 5.32. The summed E-state index contributed by atoms with van der Waals surface area (Å²) in [5.41, 5.74) is 1.21. The summed E-state index contributed by atoms with van der Waals surface area (Å²) in [7, 11) is 0. The molecule has 1 N–H and O–H groups in total. The Hall–Kier alpha value is -1.53. The van der Waals surface area contributed by atoms with Crippen molar-refractivity contribution in [1.82, 2.24) is 10.3 Å². The number of nitrogens with zero attached hydrogens (tertiary/aromatic N) is 2. The zero-order chi connectivity index (χ0) is 12.5. The van der Waals surface area contributed by atoms with Crippen molar-refractivity contribution in [1.29, 1.82) is 0 Å². The molecule has 0 saturated heterocycles. The number of hydrogen-bond acceptors (Lipinski definition) is 3. The molecule has 1 rings (SSSR count). The van der Waals surface area contributed by atoms with Crippen molar-refractivity contribution in [2.45, 2.75) is 26.8 Å². The molecule has 1 aromatic rings. The molecule has 3 heteroatoms. The maximum Gasteiger partial charge on any atom is 0.129 e. The topological polar surface area (TPSA) is 28.2 Å². The van der Waals surface area contributed by atoms with Crippen LogP contribution in [0.5, 0.6) is 0 Å². The van der Waals surface area contributed by atoms with Gasteiger partial charge in [-0.25, -0.2) is 4.98 Å². The highest BCUT2D eigenvalue weighted by Crippen LogP contribution is 2.10. The Kier molecular flexibility index (Phi) is 6.13. The standard InChI is InChI=1S/C14H21N3/c1-4-9-15-11-13-7-8-14(16-12-13)17(6-3)10-5-2/h2,7-8,12,15H,4,6,9-11H2,1,3H3. The lowest BCUT2D eigenvalue weighted by atomic mass is 10.2. The zero-order valence-electron chi connectivity index (χ0n) is 10.7. The Morgan fingerprint density at radius 2 is 2.24 bits per heavy atom. The van der Waals surface area contributed by atoms with Gasteiger partial charge in [0.1, 0.15) is 5.82 Å². The fraction of sp³-hybridized carbons (Fsp3) is 0.500. The molecule has 3 nitrogen and oxygen atoms in total. The number of hydrogen-bond donors (Lipinski definition) is 1. The van der Waals surface area contributed by atoms with Crippen LogP contribution in [0.15, 0.2) is 18.3 Å². The summed E-state index contributed by atoms with van der Waals surface area (Å²) >= 11 is 0. The summed E-state index contributed by atoms with van der Waals surface area (Å²) in [4.78, 5) is 6.51. The quantitative estimate of drug-likeness (QED) is 0.575. The van der Waals surface area contributed by atoms with Gasteiger partial charge in [0.05, 0.1) is 6.54 Å². The van der Waals surface area contributed by atoms with Gasteiger partial charge in [0.15, 0.2) is 0 Å². The van der Waals surface area contributed by atoms with Gasteiger partial charge in [-0.2, -0.15) is 0 Å². The first-order valence-electron chi connectivity index (χ1n) is 6.15. The van der Waals surface area contributed by atoms with Crippen LogP contribution in [0.25, 0.3) is 0 Å². The summed E-state index contributed by atoms with van der Waals surface area (Å²) in [6, 6.07) is 4.13. The van der Waals surface area contributed by atoms with Crippen molar-refractivity contribution in [2.24, 2.45) is 0 Å². The number of aromatic nitrogens is 1. The number of pyridine rings is 1. The van der Waals surface area contributed by atoms with Crippen LogP contribution in [0.3, 0.4) is 0 Å². The van der Waals surface area contributed by atoms with Crippen LogP contribution in [0.4, 0.5) is 5.82 Å².